The third-order valence-corrected chi connectivity index (χ3v) is 7.23. The van der Waals surface area contributed by atoms with Gasteiger partial charge < -0.3 is 19.3 Å². The molecule has 2 aromatic rings. The largest absolute Gasteiger partial charge is 0.495 e. The van der Waals surface area contributed by atoms with Crippen LogP contribution in [0.15, 0.2) is 35.4 Å². The Morgan fingerprint density at radius 3 is 2.47 bits per heavy atom. The smallest absolute Gasteiger partial charge is 0.246 e. The lowest BCUT2D eigenvalue weighted by molar-refractivity contribution is 0.122. The van der Waals surface area contributed by atoms with Gasteiger partial charge in [-0.2, -0.15) is 9.40 Å². The Labute approximate surface area is 175 Å². The number of rotatable bonds is 5. The van der Waals surface area contributed by atoms with E-state index >= 15 is 0 Å². The van der Waals surface area contributed by atoms with E-state index in [9.17, 15) is 12.8 Å². The highest BCUT2D eigenvalue weighted by Gasteiger charge is 2.32. The average molecular weight is 437 g/mol. The van der Waals surface area contributed by atoms with Gasteiger partial charge in [-0.25, -0.2) is 12.8 Å². The van der Waals surface area contributed by atoms with Gasteiger partial charge in [0.05, 0.1) is 32.2 Å². The Kier molecular flexibility index (Phi) is 6.02. The van der Waals surface area contributed by atoms with Gasteiger partial charge in [0.25, 0.3) is 0 Å². The van der Waals surface area contributed by atoms with Crippen molar-refractivity contribution in [3.63, 3.8) is 0 Å². The zero-order chi connectivity index (χ0) is 21.1. The van der Waals surface area contributed by atoms with E-state index in [0.717, 1.165) is 24.8 Å². The predicted octanol–water partition coefficient (Wildman–Crippen LogP) is 0.972. The molecule has 0 saturated carbocycles. The van der Waals surface area contributed by atoms with Crippen LogP contribution < -0.4 is 14.5 Å². The van der Waals surface area contributed by atoms with Gasteiger partial charge in [-0.15, -0.1) is 5.10 Å². The van der Waals surface area contributed by atoms with Crippen LogP contribution >= 0.6 is 0 Å². The lowest BCUT2D eigenvalue weighted by atomic mass is 10.3. The summed E-state index contributed by atoms with van der Waals surface area (Å²) >= 11 is 0. The van der Waals surface area contributed by atoms with Crippen molar-refractivity contribution in [2.45, 2.75) is 4.90 Å². The van der Waals surface area contributed by atoms with E-state index in [1.165, 1.54) is 23.5 Å². The lowest BCUT2D eigenvalue weighted by Gasteiger charge is -2.35. The summed E-state index contributed by atoms with van der Waals surface area (Å²) in [7, 11) is -2.51. The number of halogens is 1. The molecule has 0 N–H and O–H groups in total. The number of methoxy groups -OCH3 is 1. The number of morpholine rings is 1. The van der Waals surface area contributed by atoms with Crippen LogP contribution in [0.25, 0.3) is 0 Å². The molecule has 4 rings (SSSR count). The molecule has 11 heteroatoms. The van der Waals surface area contributed by atoms with Crippen molar-refractivity contribution < 1.29 is 22.3 Å². The summed E-state index contributed by atoms with van der Waals surface area (Å²) in [6, 6.07) is 5.47. The van der Waals surface area contributed by atoms with Gasteiger partial charge in [-0.1, -0.05) is 0 Å². The monoisotopic (exact) mass is 437 g/mol. The molecule has 30 heavy (non-hydrogen) atoms. The van der Waals surface area contributed by atoms with Crippen molar-refractivity contribution in [3.8, 4) is 5.75 Å². The van der Waals surface area contributed by atoms with Crippen molar-refractivity contribution >= 4 is 21.5 Å². The quantitative estimate of drug-likeness (QED) is 0.684. The van der Waals surface area contributed by atoms with Crippen molar-refractivity contribution in [1.29, 1.82) is 0 Å². The maximum Gasteiger partial charge on any atom is 0.246 e. The number of aromatic nitrogens is 2. The summed E-state index contributed by atoms with van der Waals surface area (Å²) in [5.41, 5.74) is 0.975. The fourth-order valence-corrected chi connectivity index (χ4v) is 5.23. The first-order chi connectivity index (χ1) is 14.5. The van der Waals surface area contributed by atoms with Gasteiger partial charge in [0.1, 0.15) is 16.5 Å². The molecule has 0 radical (unpaired) electrons. The fraction of sp³-hybridized carbons (Fsp3) is 0.474. The second-order valence-electron chi connectivity index (χ2n) is 7.06. The van der Waals surface area contributed by atoms with Crippen LogP contribution in [0.1, 0.15) is 0 Å². The zero-order valence-electron chi connectivity index (χ0n) is 16.7. The first kappa shape index (κ1) is 20.8. The highest BCUT2D eigenvalue weighted by molar-refractivity contribution is 7.89. The van der Waals surface area contributed by atoms with Gasteiger partial charge in [-0.05, 0) is 18.2 Å². The molecule has 0 atom stereocenters. The average Bonchev–Trinajstić information content (AvgIpc) is 2.80. The second-order valence-corrected chi connectivity index (χ2v) is 8.96. The van der Waals surface area contributed by atoms with Crippen LogP contribution in [-0.2, 0) is 14.8 Å². The molecule has 0 spiro atoms. The topological polar surface area (TPSA) is 88.1 Å². The number of piperazine rings is 1. The minimum atomic E-state index is -3.87. The summed E-state index contributed by atoms with van der Waals surface area (Å²) in [6.45, 7) is 4.38. The summed E-state index contributed by atoms with van der Waals surface area (Å²) in [5.74, 6) is 0.213. The standard InChI is InChI=1S/C19H24FN5O4S/c1-28-17-3-2-15(20)12-18(17)30(26,27)25-6-4-24(5-7-25)19-13-16(14-21-22-19)23-8-10-29-11-9-23/h2-3,12-14H,4-11H2,1H3. The number of hydrogen-bond donors (Lipinski definition) is 0. The Morgan fingerprint density at radius 1 is 1.03 bits per heavy atom. The summed E-state index contributed by atoms with van der Waals surface area (Å²) < 4.78 is 51.6. The molecule has 1 aromatic heterocycles. The zero-order valence-corrected chi connectivity index (χ0v) is 17.5. The minimum Gasteiger partial charge on any atom is -0.495 e. The molecule has 2 aliphatic heterocycles. The number of nitrogens with zero attached hydrogens (tertiary/aromatic N) is 5. The molecule has 162 valence electrons. The van der Waals surface area contributed by atoms with Gasteiger partial charge >= 0.3 is 0 Å². The van der Waals surface area contributed by atoms with Gasteiger partial charge in [0, 0.05) is 45.3 Å². The van der Waals surface area contributed by atoms with E-state index in [-0.39, 0.29) is 23.7 Å². The van der Waals surface area contributed by atoms with Crippen LogP contribution in [0, 0.1) is 5.82 Å². The first-order valence-electron chi connectivity index (χ1n) is 9.73. The normalized spacial score (nSPS) is 18.5. The van der Waals surface area contributed by atoms with E-state index in [1.54, 1.807) is 6.20 Å². The maximum absolute atomic E-state index is 13.7. The Balaban J connectivity index is 1.47. The third-order valence-electron chi connectivity index (χ3n) is 5.31. The molecule has 0 amide bonds. The van der Waals surface area contributed by atoms with Gasteiger partial charge in [0.15, 0.2) is 5.82 Å². The van der Waals surface area contributed by atoms with Crippen molar-refractivity contribution in [2.75, 3.05) is 69.4 Å². The number of benzene rings is 1. The second kappa shape index (κ2) is 8.70. The molecular formula is C19H24FN5O4S. The van der Waals surface area contributed by atoms with Crippen LogP contribution in [0.3, 0.4) is 0 Å². The Bertz CT molecular complexity index is 992. The van der Waals surface area contributed by atoms with Crippen LogP contribution in [0.4, 0.5) is 15.9 Å². The SMILES string of the molecule is COc1ccc(F)cc1S(=O)(=O)N1CCN(c2cc(N3CCOCC3)cnn2)CC1. The van der Waals surface area contributed by atoms with Crippen LogP contribution in [0.5, 0.6) is 5.75 Å². The number of sulfonamides is 1. The van der Waals surface area contributed by atoms with Crippen molar-refractivity contribution in [3.05, 3.63) is 36.3 Å². The van der Waals surface area contributed by atoms with Crippen LogP contribution in [-0.4, -0.2) is 82.5 Å². The summed E-state index contributed by atoms with van der Waals surface area (Å²) in [4.78, 5) is 4.04. The van der Waals surface area contributed by atoms with Crippen LogP contribution in [0.2, 0.25) is 0 Å². The molecule has 0 bridgehead atoms. The Morgan fingerprint density at radius 2 is 1.77 bits per heavy atom. The highest BCUT2D eigenvalue weighted by Crippen LogP contribution is 2.29. The highest BCUT2D eigenvalue weighted by atomic mass is 32.2. The molecule has 0 unspecified atom stereocenters. The van der Waals surface area contributed by atoms with Crippen molar-refractivity contribution in [2.24, 2.45) is 0 Å². The minimum absolute atomic E-state index is 0.128. The van der Waals surface area contributed by atoms with E-state index in [1.807, 2.05) is 11.0 Å². The molecule has 2 aliphatic rings. The molecule has 2 saturated heterocycles. The number of anilines is 2. The van der Waals surface area contributed by atoms with Gasteiger partial charge in [0.2, 0.25) is 10.0 Å². The number of hydrogen-bond acceptors (Lipinski definition) is 8. The predicted molar refractivity (Wildman–Crippen MR) is 109 cm³/mol. The third kappa shape index (κ3) is 4.18. The fourth-order valence-electron chi connectivity index (χ4n) is 3.64. The molecule has 9 nitrogen and oxygen atoms in total. The molecular weight excluding hydrogens is 413 g/mol. The lowest BCUT2D eigenvalue weighted by Crippen LogP contribution is -2.49. The summed E-state index contributed by atoms with van der Waals surface area (Å²) in [5, 5.41) is 8.34. The number of ether oxygens (including phenoxy) is 2. The van der Waals surface area contributed by atoms with E-state index < -0.39 is 15.8 Å². The summed E-state index contributed by atoms with van der Waals surface area (Å²) in [6.07, 6.45) is 1.73. The molecule has 0 aliphatic carbocycles. The van der Waals surface area contributed by atoms with E-state index in [2.05, 4.69) is 15.1 Å². The maximum atomic E-state index is 13.7. The molecule has 3 heterocycles. The molecule has 2 fully saturated rings. The first-order valence-corrected chi connectivity index (χ1v) is 11.2. The van der Waals surface area contributed by atoms with Crippen molar-refractivity contribution in [1.82, 2.24) is 14.5 Å². The van der Waals surface area contributed by atoms with Gasteiger partial charge in [-0.3, -0.25) is 0 Å². The van der Waals surface area contributed by atoms with E-state index in [0.29, 0.717) is 32.1 Å². The Hall–Kier alpha value is -2.50. The molecule has 1 aromatic carbocycles. The van der Waals surface area contributed by atoms with E-state index in [4.69, 9.17) is 9.47 Å².